The maximum atomic E-state index is 4.66. The molecule has 19 heavy (non-hydrogen) atoms. The normalized spacial score (nSPS) is 19.1. The maximum Gasteiger partial charge on any atom is 0.185 e. The lowest BCUT2D eigenvalue weighted by Crippen LogP contribution is -2.27. The smallest absolute Gasteiger partial charge is 0.185 e. The Kier molecular flexibility index (Phi) is 4.08. The van der Waals surface area contributed by atoms with Gasteiger partial charge in [0, 0.05) is 30.2 Å². The number of thiazole rings is 1. The van der Waals surface area contributed by atoms with Gasteiger partial charge in [0.2, 0.25) is 0 Å². The van der Waals surface area contributed by atoms with Gasteiger partial charge < -0.3 is 10.2 Å². The topological polar surface area (TPSA) is 28.2 Å². The van der Waals surface area contributed by atoms with Crippen molar-refractivity contribution in [1.29, 1.82) is 0 Å². The molecule has 1 N–H and O–H groups in total. The lowest BCUT2D eigenvalue weighted by atomic mass is 10.2. The number of anilines is 1. The third-order valence-electron chi connectivity index (χ3n) is 3.78. The molecule has 0 aliphatic heterocycles. The molecule has 1 heterocycles. The van der Waals surface area contributed by atoms with Crippen molar-refractivity contribution in [3.05, 3.63) is 11.1 Å². The first-order valence-corrected chi connectivity index (χ1v) is 8.46. The zero-order valence-electron chi connectivity index (χ0n) is 12.1. The first-order chi connectivity index (χ1) is 9.22. The molecule has 2 aliphatic rings. The minimum atomic E-state index is 0.713. The Morgan fingerprint density at radius 2 is 2.16 bits per heavy atom. The summed E-state index contributed by atoms with van der Waals surface area (Å²) >= 11 is 1.88. The van der Waals surface area contributed by atoms with E-state index < -0.39 is 0 Å². The molecule has 0 bridgehead atoms. The second-order valence-corrected chi connectivity index (χ2v) is 7.55. The summed E-state index contributed by atoms with van der Waals surface area (Å²) in [7, 11) is 0. The van der Waals surface area contributed by atoms with E-state index in [0.29, 0.717) is 5.92 Å². The third kappa shape index (κ3) is 3.93. The lowest BCUT2D eigenvalue weighted by molar-refractivity contribution is 0.554. The van der Waals surface area contributed by atoms with Gasteiger partial charge in [-0.1, -0.05) is 13.8 Å². The van der Waals surface area contributed by atoms with Crippen LogP contribution in [0.4, 0.5) is 5.13 Å². The van der Waals surface area contributed by atoms with Gasteiger partial charge in [-0.2, -0.15) is 0 Å². The molecule has 0 spiro atoms. The van der Waals surface area contributed by atoms with Crippen LogP contribution in [-0.2, 0) is 6.54 Å². The third-order valence-corrected chi connectivity index (χ3v) is 4.81. The highest BCUT2D eigenvalue weighted by atomic mass is 32.1. The van der Waals surface area contributed by atoms with Gasteiger partial charge in [-0.05, 0) is 44.1 Å². The van der Waals surface area contributed by atoms with Gasteiger partial charge in [0.05, 0.1) is 0 Å². The van der Waals surface area contributed by atoms with E-state index in [0.717, 1.165) is 25.0 Å². The number of hydrogen-bond acceptors (Lipinski definition) is 4. The van der Waals surface area contributed by atoms with Gasteiger partial charge in [-0.15, -0.1) is 11.3 Å². The van der Waals surface area contributed by atoms with Crippen LogP contribution in [0.2, 0.25) is 0 Å². The molecular weight excluding hydrogens is 254 g/mol. The van der Waals surface area contributed by atoms with E-state index in [4.69, 9.17) is 0 Å². The van der Waals surface area contributed by atoms with E-state index >= 15 is 0 Å². The fraction of sp³-hybridized carbons (Fsp3) is 0.800. The van der Waals surface area contributed by atoms with Crippen molar-refractivity contribution >= 4 is 16.5 Å². The molecule has 0 radical (unpaired) electrons. The largest absolute Gasteiger partial charge is 0.345 e. The van der Waals surface area contributed by atoms with Gasteiger partial charge in [-0.3, -0.25) is 0 Å². The van der Waals surface area contributed by atoms with Gasteiger partial charge in [0.15, 0.2) is 5.13 Å². The first kappa shape index (κ1) is 13.4. The molecule has 0 saturated heterocycles. The van der Waals surface area contributed by atoms with Crippen LogP contribution in [0.3, 0.4) is 0 Å². The molecular formula is C15H25N3S. The van der Waals surface area contributed by atoms with Crippen molar-refractivity contribution < 1.29 is 0 Å². The van der Waals surface area contributed by atoms with Gasteiger partial charge in [0.25, 0.3) is 0 Å². The molecule has 106 valence electrons. The summed E-state index contributed by atoms with van der Waals surface area (Å²) in [5, 5.41) is 4.76. The van der Waals surface area contributed by atoms with E-state index in [2.05, 4.69) is 35.2 Å². The number of rotatable bonds is 8. The second kappa shape index (κ2) is 5.80. The van der Waals surface area contributed by atoms with E-state index in [1.54, 1.807) is 0 Å². The molecule has 3 rings (SSSR count). The average molecular weight is 279 g/mol. The maximum absolute atomic E-state index is 4.66. The van der Waals surface area contributed by atoms with E-state index in [-0.39, 0.29) is 0 Å². The number of aromatic nitrogens is 1. The molecule has 1 aromatic heterocycles. The Labute approximate surface area is 120 Å². The highest BCUT2D eigenvalue weighted by Crippen LogP contribution is 2.38. The lowest BCUT2D eigenvalue weighted by Gasteiger charge is -2.21. The highest BCUT2D eigenvalue weighted by molar-refractivity contribution is 7.15. The second-order valence-electron chi connectivity index (χ2n) is 6.46. The van der Waals surface area contributed by atoms with Crippen molar-refractivity contribution in [3.8, 4) is 0 Å². The zero-order valence-corrected chi connectivity index (χ0v) is 12.9. The van der Waals surface area contributed by atoms with Crippen LogP contribution in [0.1, 0.15) is 44.4 Å². The fourth-order valence-electron chi connectivity index (χ4n) is 2.34. The molecule has 0 atom stereocenters. The Hall–Kier alpha value is -0.610. The Balaban J connectivity index is 1.55. The predicted molar refractivity (Wildman–Crippen MR) is 81.8 cm³/mol. The average Bonchev–Trinajstić information content (AvgIpc) is 3.26. The molecule has 2 fully saturated rings. The molecule has 0 unspecified atom stereocenters. The molecule has 3 nitrogen and oxygen atoms in total. The van der Waals surface area contributed by atoms with Crippen molar-refractivity contribution in [1.82, 2.24) is 10.3 Å². The molecule has 0 amide bonds. The molecule has 1 aromatic rings. The summed E-state index contributed by atoms with van der Waals surface area (Å²) in [6.07, 6.45) is 7.66. The summed E-state index contributed by atoms with van der Waals surface area (Å²) < 4.78 is 0. The molecule has 4 heteroatoms. The van der Waals surface area contributed by atoms with Crippen LogP contribution in [0, 0.1) is 11.8 Å². The Bertz CT molecular complexity index is 407. The Morgan fingerprint density at radius 1 is 1.37 bits per heavy atom. The number of nitrogens with zero attached hydrogens (tertiary/aromatic N) is 2. The van der Waals surface area contributed by atoms with E-state index in [9.17, 15) is 0 Å². The quantitative estimate of drug-likeness (QED) is 0.791. The molecule has 0 aromatic carbocycles. The minimum absolute atomic E-state index is 0.713. The van der Waals surface area contributed by atoms with Crippen LogP contribution >= 0.6 is 11.3 Å². The van der Waals surface area contributed by atoms with Crippen molar-refractivity contribution in [3.63, 3.8) is 0 Å². The first-order valence-electron chi connectivity index (χ1n) is 7.64. The van der Waals surface area contributed by atoms with Gasteiger partial charge in [-0.25, -0.2) is 4.98 Å². The SMILES string of the molecule is CC(C)CNCc1cnc(N(CC2CC2)C2CC2)s1. The van der Waals surface area contributed by atoms with Crippen LogP contribution in [0.25, 0.3) is 0 Å². The van der Waals surface area contributed by atoms with Crippen LogP contribution in [-0.4, -0.2) is 24.1 Å². The highest BCUT2D eigenvalue weighted by Gasteiger charge is 2.35. The molecule has 2 saturated carbocycles. The van der Waals surface area contributed by atoms with Crippen molar-refractivity contribution in [2.45, 2.75) is 52.1 Å². The summed E-state index contributed by atoms with van der Waals surface area (Å²) in [5.74, 6) is 1.66. The predicted octanol–water partition coefficient (Wildman–Crippen LogP) is 3.27. The van der Waals surface area contributed by atoms with E-state index in [1.807, 2.05) is 11.3 Å². The summed E-state index contributed by atoms with van der Waals surface area (Å²) in [6.45, 7) is 7.79. The van der Waals surface area contributed by atoms with E-state index in [1.165, 1.54) is 42.2 Å². The van der Waals surface area contributed by atoms with Gasteiger partial charge in [0.1, 0.15) is 0 Å². The number of nitrogens with one attached hydrogen (secondary N) is 1. The van der Waals surface area contributed by atoms with Crippen LogP contribution in [0.5, 0.6) is 0 Å². The number of hydrogen-bond donors (Lipinski definition) is 1. The summed E-state index contributed by atoms with van der Waals surface area (Å²) in [6, 6.07) is 0.795. The Morgan fingerprint density at radius 3 is 2.79 bits per heavy atom. The van der Waals surface area contributed by atoms with Crippen molar-refractivity contribution in [2.24, 2.45) is 11.8 Å². The van der Waals surface area contributed by atoms with Crippen LogP contribution in [0.15, 0.2) is 6.20 Å². The summed E-state index contributed by atoms with van der Waals surface area (Å²) in [5.41, 5.74) is 0. The zero-order chi connectivity index (χ0) is 13.2. The fourth-order valence-corrected chi connectivity index (χ4v) is 3.30. The monoisotopic (exact) mass is 279 g/mol. The van der Waals surface area contributed by atoms with Crippen LogP contribution < -0.4 is 10.2 Å². The van der Waals surface area contributed by atoms with Crippen molar-refractivity contribution in [2.75, 3.05) is 18.0 Å². The summed E-state index contributed by atoms with van der Waals surface area (Å²) in [4.78, 5) is 8.61. The minimum Gasteiger partial charge on any atom is -0.345 e. The van der Waals surface area contributed by atoms with Gasteiger partial charge >= 0.3 is 0 Å². The standard InChI is InChI=1S/C15H25N3S/c1-11(2)7-16-8-14-9-17-15(19-14)18(13-5-6-13)10-12-3-4-12/h9,11-13,16H,3-8,10H2,1-2H3. The molecule has 2 aliphatic carbocycles.